The number of hydrogen-bond acceptors (Lipinski definition) is 3. The Labute approximate surface area is 128 Å². The number of carbonyl (C=O) groups excluding carboxylic acids is 1. The van der Waals surface area contributed by atoms with Gasteiger partial charge in [0.25, 0.3) is 5.91 Å². The molecule has 20 heavy (non-hydrogen) atoms. The first-order valence-corrected chi connectivity index (χ1v) is 6.84. The number of rotatable bonds is 5. The van der Waals surface area contributed by atoms with Crippen LogP contribution in [0.15, 0.2) is 18.2 Å². The molecule has 1 atom stereocenters. The Kier molecular flexibility index (Phi) is 5.67. The van der Waals surface area contributed by atoms with Crippen molar-refractivity contribution in [3.8, 4) is 11.8 Å². The summed E-state index contributed by atoms with van der Waals surface area (Å²) < 4.78 is 5.31. The maximum atomic E-state index is 11.8. The van der Waals surface area contributed by atoms with Crippen LogP contribution in [0.1, 0.15) is 20.8 Å². The molecule has 0 radical (unpaired) electrons. The Hall–Kier alpha value is -1.44. The third-order valence-electron chi connectivity index (χ3n) is 3.05. The van der Waals surface area contributed by atoms with Gasteiger partial charge in [-0.05, 0) is 25.0 Å². The monoisotopic (exact) mass is 314 g/mol. The van der Waals surface area contributed by atoms with E-state index in [9.17, 15) is 4.79 Å². The quantitative estimate of drug-likeness (QED) is 0.905. The molecule has 0 saturated carbocycles. The predicted octanol–water partition coefficient (Wildman–Crippen LogP) is 3.43. The maximum absolute atomic E-state index is 11.8. The van der Waals surface area contributed by atoms with Crippen molar-refractivity contribution < 1.29 is 9.53 Å². The van der Waals surface area contributed by atoms with E-state index >= 15 is 0 Å². The van der Waals surface area contributed by atoms with E-state index in [4.69, 9.17) is 33.2 Å². The van der Waals surface area contributed by atoms with Gasteiger partial charge in [-0.25, -0.2) is 0 Å². The summed E-state index contributed by atoms with van der Waals surface area (Å²) in [4.78, 5) is 11.8. The molecular formula is C14H16Cl2N2O2. The minimum atomic E-state index is -0.919. The largest absolute Gasteiger partial charge is 0.484 e. The zero-order chi connectivity index (χ0) is 15.3. The number of hydrogen-bond donors (Lipinski definition) is 1. The minimum absolute atomic E-state index is 0.0126. The normalized spacial score (nSPS) is 13.4. The molecule has 6 heteroatoms. The lowest BCUT2D eigenvalue weighted by atomic mass is 9.90. The first-order chi connectivity index (χ1) is 9.28. The van der Waals surface area contributed by atoms with Crippen LogP contribution in [-0.4, -0.2) is 18.1 Å². The van der Waals surface area contributed by atoms with Crippen LogP contribution in [0.25, 0.3) is 0 Å². The minimum Gasteiger partial charge on any atom is -0.484 e. The van der Waals surface area contributed by atoms with E-state index in [0.717, 1.165) is 0 Å². The molecule has 1 rings (SSSR count). The van der Waals surface area contributed by atoms with Gasteiger partial charge in [0, 0.05) is 6.07 Å². The highest BCUT2D eigenvalue weighted by Crippen LogP contribution is 2.26. The molecule has 0 fully saturated rings. The fraction of sp³-hybridized carbons (Fsp3) is 0.429. The summed E-state index contributed by atoms with van der Waals surface area (Å²) in [6.45, 7) is 5.21. The molecule has 1 N–H and O–H groups in total. The van der Waals surface area contributed by atoms with Crippen LogP contribution in [0.2, 0.25) is 10.0 Å². The van der Waals surface area contributed by atoms with Crippen molar-refractivity contribution in [2.75, 3.05) is 6.61 Å². The number of nitriles is 1. The third-order valence-corrected chi connectivity index (χ3v) is 3.79. The highest BCUT2D eigenvalue weighted by atomic mass is 35.5. The molecule has 0 saturated heterocycles. The number of ether oxygens (including phenoxy) is 1. The summed E-state index contributed by atoms with van der Waals surface area (Å²) in [6, 6.07) is 6.83. The molecule has 0 aliphatic rings. The molecule has 1 aromatic carbocycles. The fourth-order valence-electron chi connectivity index (χ4n) is 1.34. The molecule has 1 amide bonds. The zero-order valence-electron chi connectivity index (χ0n) is 11.5. The van der Waals surface area contributed by atoms with Crippen LogP contribution in [0.5, 0.6) is 5.75 Å². The molecule has 108 valence electrons. The highest BCUT2D eigenvalue weighted by Gasteiger charge is 2.29. The van der Waals surface area contributed by atoms with Crippen molar-refractivity contribution >= 4 is 29.1 Å². The van der Waals surface area contributed by atoms with Crippen LogP contribution in [0.3, 0.4) is 0 Å². The molecule has 0 aromatic heterocycles. The van der Waals surface area contributed by atoms with Gasteiger partial charge in [0.15, 0.2) is 6.61 Å². The Bertz CT molecular complexity index is 540. The average Bonchev–Trinajstić information content (AvgIpc) is 2.39. The molecule has 0 unspecified atom stereocenters. The lowest BCUT2D eigenvalue weighted by Gasteiger charge is -2.27. The topological polar surface area (TPSA) is 62.1 Å². The summed E-state index contributed by atoms with van der Waals surface area (Å²) in [7, 11) is 0. The van der Waals surface area contributed by atoms with Gasteiger partial charge in [0.05, 0.1) is 16.1 Å². The molecular weight excluding hydrogens is 299 g/mol. The summed E-state index contributed by atoms with van der Waals surface area (Å²) in [6.07, 6.45) is 0. The van der Waals surface area contributed by atoms with Crippen molar-refractivity contribution in [1.82, 2.24) is 5.32 Å². The van der Waals surface area contributed by atoms with Crippen LogP contribution in [-0.2, 0) is 4.79 Å². The van der Waals surface area contributed by atoms with E-state index < -0.39 is 5.54 Å². The SMILES string of the molecule is CC(C)[C@](C)(C#N)NC(=O)COc1ccc(Cl)c(Cl)c1. The molecule has 0 spiro atoms. The predicted molar refractivity (Wildman–Crippen MR) is 79.0 cm³/mol. The molecule has 1 aromatic rings. The second-order valence-electron chi connectivity index (χ2n) is 4.88. The van der Waals surface area contributed by atoms with Crippen LogP contribution in [0, 0.1) is 17.2 Å². The van der Waals surface area contributed by atoms with Crippen molar-refractivity contribution in [2.24, 2.45) is 5.92 Å². The Balaban J connectivity index is 2.60. The van der Waals surface area contributed by atoms with Gasteiger partial charge in [-0.2, -0.15) is 5.26 Å². The lowest BCUT2D eigenvalue weighted by molar-refractivity contribution is -0.124. The van der Waals surface area contributed by atoms with Crippen molar-refractivity contribution in [3.63, 3.8) is 0 Å². The Morgan fingerprint density at radius 1 is 1.45 bits per heavy atom. The third kappa shape index (κ3) is 4.29. The molecule has 4 nitrogen and oxygen atoms in total. The van der Waals surface area contributed by atoms with Gasteiger partial charge in [0.2, 0.25) is 0 Å². The van der Waals surface area contributed by atoms with E-state index in [1.165, 1.54) is 6.07 Å². The number of halogens is 2. The highest BCUT2D eigenvalue weighted by molar-refractivity contribution is 6.42. The van der Waals surface area contributed by atoms with Gasteiger partial charge < -0.3 is 10.1 Å². The second kappa shape index (κ2) is 6.83. The van der Waals surface area contributed by atoms with Crippen molar-refractivity contribution in [1.29, 1.82) is 5.26 Å². The molecule has 0 heterocycles. The summed E-state index contributed by atoms with van der Waals surface area (Å²) >= 11 is 11.6. The maximum Gasteiger partial charge on any atom is 0.259 e. The second-order valence-corrected chi connectivity index (χ2v) is 5.70. The van der Waals surface area contributed by atoms with Gasteiger partial charge in [-0.1, -0.05) is 37.0 Å². The van der Waals surface area contributed by atoms with Crippen LogP contribution >= 0.6 is 23.2 Å². The summed E-state index contributed by atoms with van der Waals surface area (Å²) in [5.74, 6) is 0.0630. The van der Waals surface area contributed by atoms with Crippen molar-refractivity contribution in [3.05, 3.63) is 28.2 Å². The molecule has 0 aliphatic carbocycles. The molecule has 0 aliphatic heterocycles. The van der Waals surface area contributed by atoms with Gasteiger partial charge in [-0.15, -0.1) is 0 Å². The average molecular weight is 315 g/mol. The van der Waals surface area contributed by atoms with Gasteiger partial charge in [0.1, 0.15) is 11.3 Å². The number of benzene rings is 1. The van der Waals surface area contributed by atoms with Gasteiger partial charge >= 0.3 is 0 Å². The first kappa shape index (κ1) is 16.6. The fourth-order valence-corrected chi connectivity index (χ4v) is 1.63. The standard InChI is InChI=1S/C14H16Cl2N2O2/c1-9(2)14(3,8-17)18-13(19)7-20-10-4-5-11(15)12(16)6-10/h4-6,9H,7H2,1-3H3,(H,18,19)/t14-/m0/s1. The van der Waals surface area contributed by atoms with E-state index in [1.54, 1.807) is 19.1 Å². The Morgan fingerprint density at radius 3 is 2.60 bits per heavy atom. The molecule has 0 bridgehead atoms. The number of nitrogens with zero attached hydrogens (tertiary/aromatic N) is 1. The van der Waals surface area contributed by atoms with Crippen LogP contribution in [0.4, 0.5) is 0 Å². The van der Waals surface area contributed by atoms with E-state index in [1.807, 2.05) is 13.8 Å². The van der Waals surface area contributed by atoms with E-state index in [2.05, 4.69) is 11.4 Å². The Morgan fingerprint density at radius 2 is 2.10 bits per heavy atom. The smallest absolute Gasteiger partial charge is 0.259 e. The van der Waals surface area contributed by atoms with E-state index in [0.29, 0.717) is 15.8 Å². The van der Waals surface area contributed by atoms with Gasteiger partial charge in [-0.3, -0.25) is 4.79 Å². The number of nitrogens with one attached hydrogen (secondary N) is 1. The summed E-state index contributed by atoms with van der Waals surface area (Å²) in [5, 5.41) is 12.5. The first-order valence-electron chi connectivity index (χ1n) is 6.08. The number of amides is 1. The lowest BCUT2D eigenvalue weighted by Crippen LogP contribution is -2.50. The van der Waals surface area contributed by atoms with E-state index in [-0.39, 0.29) is 18.4 Å². The number of carbonyl (C=O) groups is 1. The van der Waals surface area contributed by atoms with Crippen LogP contribution < -0.4 is 10.1 Å². The summed E-state index contributed by atoms with van der Waals surface area (Å²) in [5.41, 5.74) is -0.919. The zero-order valence-corrected chi connectivity index (χ0v) is 13.0. The van der Waals surface area contributed by atoms with Crippen molar-refractivity contribution in [2.45, 2.75) is 26.3 Å².